The zero-order valence-electron chi connectivity index (χ0n) is 15.5. The molecule has 0 saturated heterocycles. The van der Waals surface area contributed by atoms with Gasteiger partial charge in [-0.05, 0) is 44.2 Å². The second-order valence-corrected chi connectivity index (χ2v) is 8.39. The van der Waals surface area contributed by atoms with Crippen molar-refractivity contribution in [2.75, 3.05) is 4.72 Å². The topological polar surface area (TPSA) is 72.0 Å². The molecule has 0 aliphatic carbocycles. The Kier molecular flexibility index (Phi) is 4.57. The molecule has 1 heterocycles. The minimum absolute atomic E-state index is 0.0525. The Labute approximate surface area is 164 Å². The highest BCUT2D eigenvalue weighted by Gasteiger charge is 2.17. The van der Waals surface area contributed by atoms with Crippen molar-refractivity contribution in [3.05, 3.63) is 83.9 Å². The summed E-state index contributed by atoms with van der Waals surface area (Å²) in [4.78, 5) is 9.14. The van der Waals surface area contributed by atoms with Gasteiger partial charge in [-0.2, -0.15) is 0 Å². The predicted octanol–water partition coefficient (Wildman–Crippen LogP) is 4.71. The number of aromatic nitrogens is 2. The van der Waals surface area contributed by atoms with Gasteiger partial charge in [-0.15, -0.1) is 0 Å². The number of benzene rings is 3. The molecule has 0 saturated carbocycles. The summed E-state index contributed by atoms with van der Waals surface area (Å²) in [7, 11) is -3.77. The fourth-order valence-corrected chi connectivity index (χ4v) is 4.20. The van der Waals surface area contributed by atoms with Crippen LogP contribution in [0.2, 0.25) is 0 Å². The van der Waals surface area contributed by atoms with Gasteiger partial charge in [0.1, 0.15) is 0 Å². The van der Waals surface area contributed by atoms with E-state index in [0.29, 0.717) is 11.2 Å². The van der Waals surface area contributed by atoms with Crippen molar-refractivity contribution in [3.8, 4) is 11.3 Å². The van der Waals surface area contributed by atoms with E-state index >= 15 is 0 Å². The van der Waals surface area contributed by atoms with Crippen molar-refractivity contribution in [1.82, 2.24) is 9.97 Å². The summed E-state index contributed by atoms with van der Waals surface area (Å²) >= 11 is 0. The van der Waals surface area contributed by atoms with Gasteiger partial charge in [-0.3, -0.25) is 0 Å². The number of nitrogens with one attached hydrogen (secondary N) is 1. The van der Waals surface area contributed by atoms with Gasteiger partial charge in [0.15, 0.2) is 0 Å². The van der Waals surface area contributed by atoms with Gasteiger partial charge in [0.05, 0.1) is 16.1 Å². The Bertz CT molecular complexity index is 1250. The molecular weight excluding hydrogens is 370 g/mol. The van der Waals surface area contributed by atoms with Gasteiger partial charge in [0.2, 0.25) is 5.95 Å². The van der Waals surface area contributed by atoms with Crippen molar-refractivity contribution >= 4 is 26.9 Å². The maximum Gasteiger partial charge on any atom is 0.264 e. The summed E-state index contributed by atoms with van der Waals surface area (Å²) in [6, 6.07) is 21.9. The van der Waals surface area contributed by atoms with Crippen molar-refractivity contribution in [2.45, 2.75) is 18.7 Å². The third-order valence-corrected chi connectivity index (χ3v) is 5.72. The summed E-state index contributed by atoms with van der Waals surface area (Å²) in [5.41, 5.74) is 4.53. The molecule has 6 heteroatoms. The molecular formula is C22H19N3O2S. The first-order valence-corrected chi connectivity index (χ1v) is 10.3. The third kappa shape index (κ3) is 3.59. The number of hydrogen-bond acceptors (Lipinski definition) is 4. The van der Waals surface area contributed by atoms with Crippen LogP contribution in [0, 0.1) is 13.8 Å². The summed E-state index contributed by atoms with van der Waals surface area (Å²) in [5, 5.41) is 0.871. The number of aryl methyl sites for hydroxylation is 2. The minimum Gasteiger partial charge on any atom is -0.247 e. The van der Waals surface area contributed by atoms with E-state index in [1.54, 1.807) is 18.2 Å². The molecule has 0 aliphatic heterocycles. The van der Waals surface area contributed by atoms with Crippen molar-refractivity contribution in [1.29, 1.82) is 0 Å². The van der Waals surface area contributed by atoms with E-state index in [2.05, 4.69) is 20.8 Å². The van der Waals surface area contributed by atoms with Crippen molar-refractivity contribution < 1.29 is 8.42 Å². The Morgan fingerprint density at radius 3 is 2.14 bits per heavy atom. The van der Waals surface area contributed by atoms with Gasteiger partial charge in [-0.25, -0.2) is 23.1 Å². The highest BCUT2D eigenvalue weighted by molar-refractivity contribution is 7.92. The maximum absolute atomic E-state index is 12.7. The molecule has 0 unspecified atom stereocenters. The number of rotatable bonds is 4. The third-order valence-electron chi connectivity index (χ3n) is 4.38. The molecule has 3 aromatic carbocycles. The van der Waals surface area contributed by atoms with Crippen LogP contribution in [-0.4, -0.2) is 18.4 Å². The standard InChI is InChI=1S/C22H19N3O2S/c1-15-12-16(2)14-17(13-15)21-19-10-6-7-11-20(19)23-22(24-21)25-28(26,27)18-8-4-3-5-9-18/h3-14H,1-2H3,(H,23,24,25). The number of fused-ring (bicyclic) bond motifs is 1. The lowest BCUT2D eigenvalue weighted by atomic mass is 10.0. The van der Waals surface area contributed by atoms with E-state index in [0.717, 1.165) is 22.1 Å². The zero-order chi connectivity index (χ0) is 19.7. The summed E-state index contributed by atoms with van der Waals surface area (Å²) in [5.74, 6) is 0.0525. The SMILES string of the molecule is Cc1cc(C)cc(-c2nc(NS(=O)(=O)c3ccccc3)nc3ccccc23)c1. The van der Waals surface area contributed by atoms with E-state index in [9.17, 15) is 8.42 Å². The fraction of sp³-hybridized carbons (Fsp3) is 0.0909. The average molecular weight is 389 g/mol. The molecule has 1 N–H and O–H groups in total. The maximum atomic E-state index is 12.7. The number of sulfonamides is 1. The van der Waals surface area contributed by atoms with Crippen LogP contribution in [0.5, 0.6) is 0 Å². The van der Waals surface area contributed by atoms with Gasteiger partial charge in [-0.1, -0.05) is 53.6 Å². The molecule has 0 fully saturated rings. The molecule has 140 valence electrons. The van der Waals surface area contributed by atoms with Crippen molar-refractivity contribution in [2.24, 2.45) is 0 Å². The number of anilines is 1. The number of hydrogen-bond donors (Lipinski definition) is 1. The molecule has 4 rings (SSSR count). The summed E-state index contributed by atoms with van der Waals surface area (Å²) in [6.07, 6.45) is 0. The van der Waals surface area contributed by atoms with Crippen molar-refractivity contribution in [3.63, 3.8) is 0 Å². The second kappa shape index (κ2) is 7.05. The van der Waals surface area contributed by atoms with E-state index in [1.807, 2.05) is 50.2 Å². The molecule has 0 atom stereocenters. The molecule has 0 spiro atoms. The normalized spacial score (nSPS) is 11.5. The van der Waals surface area contributed by atoms with Gasteiger partial charge < -0.3 is 0 Å². The molecule has 0 aliphatic rings. The Morgan fingerprint density at radius 1 is 0.786 bits per heavy atom. The van der Waals surface area contributed by atoms with E-state index in [1.165, 1.54) is 12.1 Å². The van der Waals surface area contributed by atoms with Gasteiger partial charge in [0.25, 0.3) is 10.0 Å². The fourth-order valence-electron chi connectivity index (χ4n) is 3.23. The van der Waals surface area contributed by atoms with Crippen LogP contribution in [0.25, 0.3) is 22.2 Å². The molecule has 4 aromatic rings. The molecule has 0 amide bonds. The molecule has 28 heavy (non-hydrogen) atoms. The molecule has 0 radical (unpaired) electrons. The molecule has 0 bridgehead atoms. The zero-order valence-corrected chi connectivity index (χ0v) is 16.4. The Hall–Kier alpha value is -3.25. The lowest BCUT2D eigenvalue weighted by molar-refractivity contribution is 0.601. The summed E-state index contributed by atoms with van der Waals surface area (Å²) in [6.45, 7) is 4.05. The Morgan fingerprint density at radius 2 is 1.43 bits per heavy atom. The Balaban J connectivity index is 1.87. The van der Waals surface area contributed by atoms with E-state index in [4.69, 9.17) is 0 Å². The average Bonchev–Trinajstić information content (AvgIpc) is 2.67. The van der Waals surface area contributed by atoms with Crippen LogP contribution >= 0.6 is 0 Å². The van der Waals surface area contributed by atoms with Crippen LogP contribution in [0.1, 0.15) is 11.1 Å². The van der Waals surface area contributed by atoms with Crippen LogP contribution in [-0.2, 0) is 10.0 Å². The largest absolute Gasteiger partial charge is 0.264 e. The van der Waals surface area contributed by atoms with Crippen LogP contribution in [0.15, 0.2) is 77.7 Å². The predicted molar refractivity (Wildman–Crippen MR) is 112 cm³/mol. The van der Waals surface area contributed by atoms with Crippen LogP contribution in [0.4, 0.5) is 5.95 Å². The molecule has 5 nitrogen and oxygen atoms in total. The van der Waals surface area contributed by atoms with Crippen LogP contribution in [0.3, 0.4) is 0 Å². The van der Waals surface area contributed by atoms with E-state index in [-0.39, 0.29) is 10.8 Å². The lowest BCUT2D eigenvalue weighted by Crippen LogP contribution is -2.15. The lowest BCUT2D eigenvalue weighted by Gasteiger charge is -2.12. The first-order chi connectivity index (χ1) is 13.4. The highest BCUT2D eigenvalue weighted by atomic mass is 32.2. The smallest absolute Gasteiger partial charge is 0.247 e. The first-order valence-electron chi connectivity index (χ1n) is 8.86. The van der Waals surface area contributed by atoms with Gasteiger partial charge >= 0.3 is 0 Å². The first kappa shape index (κ1) is 18.1. The number of para-hydroxylation sites is 1. The van der Waals surface area contributed by atoms with Gasteiger partial charge in [0, 0.05) is 10.9 Å². The quantitative estimate of drug-likeness (QED) is 0.548. The second-order valence-electron chi connectivity index (χ2n) is 6.71. The number of nitrogens with zero attached hydrogens (tertiary/aromatic N) is 2. The molecule has 1 aromatic heterocycles. The summed E-state index contributed by atoms with van der Waals surface area (Å²) < 4.78 is 27.9. The van der Waals surface area contributed by atoms with Crippen LogP contribution < -0.4 is 4.72 Å². The highest BCUT2D eigenvalue weighted by Crippen LogP contribution is 2.29. The minimum atomic E-state index is -3.77. The van der Waals surface area contributed by atoms with E-state index < -0.39 is 10.0 Å². The monoisotopic (exact) mass is 389 g/mol.